The fraction of sp³-hybridized carbons (Fsp3) is 0.600. The molecule has 0 spiro atoms. The fourth-order valence-electron chi connectivity index (χ4n) is 1.64. The highest BCUT2D eigenvalue weighted by molar-refractivity contribution is 6.74. The molecule has 0 saturated carbocycles. The Morgan fingerprint density at radius 3 is 2.45 bits per heavy atom. The van der Waals surface area contributed by atoms with Crippen LogP contribution in [0.5, 0.6) is 0 Å². The minimum Gasteiger partial charge on any atom is -0.415 e. The number of rotatable bonds is 7. The molecule has 7 heteroatoms. The van der Waals surface area contributed by atoms with Crippen molar-refractivity contribution in [2.24, 2.45) is 0 Å². The normalized spacial score (nSPS) is 13.7. The van der Waals surface area contributed by atoms with Gasteiger partial charge < -0.3 is 14.8 Å². The molecule has 1 atom stereocenters. The van der Waals surface area contributed by atoms with Gasteiger partial charge in [-0.25, -0.2) is 0 Å². The summed E-state index contributed by atoms with van der Waals surface area (Å²) < 4.78 is 6.07. The number of anilines is 1. The number of aliphatic hydroxyl groups is 1. The monoisotopic (exact) mass is 326 g/mol. The van der Waals surface area contributed by atoms with Crippen molar-refractivity contribution in [1.82, 2.24) is 0 Å². The molecular formula is C15H26N2O4Si. The number of aliphatic hydroxyl groups excluding tert-OH is 1. The van der Waals surface area contributed by atoms with Crippen molar-refractivity contribution in [3.63, 3.8) is 0 Å². The Hall–Kier alpha value is -1.44. The zero-order chi connectivity index (χ0) is 17.0. The molecule has 124 valence electrons. The molecule has 0 aliphatic rings. The van der Waals surface area contributed by atoms with Gasteiger partial charge in [-0.3, -0.25) is 10.1 Å². The Labute approximate surface area is 132 Å². The number of nitro groups is 1. The van der Waals surface area contributed by atoms with Crippen LogP contribution in [0.25, 0.3) is 0 Å². The summed E-state index contributed by atoms with van der Waals surface area (Å²) in [5, 5.41) is 23.6. The van der Waals surface area contributed by atoms with Crippen LogP contribution in [0, 0.1) is 10.1 Å². The maximum Gasteiger partial charge on any atom is 0.292 e. The molecule has 0 fully saturated rings. The van der Waals surface area contributed by atoms with Crippen LogP contribution in [0.2, 0.25) is 18.1 Å². The van der Waals surface area contributed by atoms with Gasteiger partial charge >= 0.3 is 0 Å². The second kappa shape index (κ2) is 7.21. The van der Waals surface area contributed by atoms with Crippen molar-refractivity contribution >= 4 is 19.7 Å². The summed E-state index contributed by atoms with van der Waals surface area (Å²) >= 11 is 0. The quantitative estimate of drug-likeness (QED) is 0.456. The Bertz CT molecular complexity index is 515. The van der Waals surface area contributed by atoms with E-state index in [1.54, 1.807) is 18.2 Å². The first-order chi connectivity index (χ1) is 10.1. The number of benzene rings is 1. The van der Waals surface area contributed by atoms with Crippen molar-refractivity contribution in [1.29, 1.82) is 0 Å². The molecule has 1 aromatic rings. The lowest BCUT2D eigenvalue weighted by Crippen LogP contribution is -2.44. The van der Waals surface area contributed by atoms with Gasteiger partial charge in [0, 0.05) is 6.07 Å². The molecule has 1 aromatic carbocycles. The summed E-state index contributed by atoms with van der Waals surface area (Å²) in [6.45, 7) is 10.9. The van der Waals surface area contributed by atoms with Gasteiger partial charge in [-0.1, -0.05) is 32.9 Å². The Balaban J connectivity index is 2.77. The summed E-state index contributed by atoms with van der Waals surface area (Å²) in [6.07, 6.45) is 0. The van der Waals surface area contributed by atoms with Crippen molar-refractivity contribution in [2.75, 3.05) is 18.5 Å². The van der Waals surface area contributed by atoms with Crippen LogP contribution >= 0.6 is 0 Å². The lowest BCUT2D eigenvalue weighted by atomic mass is 10.2. The number of nitrogens with zero attached hydrogens (tertiary/aromatic N) is 1. The lowest BCUT2D eigenvalue weighted by Gasteiger charge is -2.37. The first kappa shape index (κ1) is 18.6. The second-order valence-electron chi connectivity index (χ2n) is 6.87. The van der Waals surface area contributed by atoms with Gasteiger partial charge in [0.1, 0.15) is 5.69 Å². The van der Waals surface area contributed by atoms with E-state index < -0.39 is 13.2 Å². The van der Waals surface area contributed by atoms with Crippen LogP contribution in [0.1, 0.15) is 20.8 Å². The van der Waals surface area contributed by atoms with Crippen molar-refractivity contribution in [3.8, 4) is 0 Å². The smallest absolute Gasteiger partial charge is 0.292 e. The standard InChI is InChI=1S/C15H26N2O4Si/c1-15(2,3)22(4,5)21-11-12(10-18)16-13-8-6-7-9-14(13)17(19)20/h6-9,12,16,18H,10-11H2,1-5H3/t12-/m1/s1. The van der Waals surface area contributed by atoms with E-state index in [2.05, 4.69) is 39.2 Å². The summed E-state index contributed by atoms with van der Waals surface area (Å²) in [5.74, 6) is 0. The highest BCUT2D eigenvalue weighted by Gasteiger charge is 2.37. The minimum atomic E-state index is -1.92. The van der Waals surface area contributed by atoms with Crippen molar-refractivity contribution in [3.05, 3.63) is 34.4 Å². The number of para-hydroxylation sites is 2. The van der Waals surface area contributed by atoms with E-state index >= 15 is 0 Å². The van der Waals surface area contributed by atoms with Gasteiger partial charge in [0.25, 0.3) is 5.69 Å². The predicted molar refractivity (Wildman–Crippen MR) is 90.7 cm³/mol. The molecule has 0 aromatic heterocycles. The van der Waals surface area contributed by atoms with E-state index in [-0.39, 0.29) is 23.4 Å². The molecule has 0 aliphatic carbocycles. The third-order valence-corrected chi connectivity index (χ3v) is 8.63. The van der Waals surface area contributed by atoms with E-state index in [0.29, 0.717) is 12.3 Å². The van der Waals surface area contributed by atoms with Crippen molar-refractivity contribution < 1.29 is 14.5 Å². The van der Waals surface area contributed by atoms with Crippen LogP contribution in [-0.4, -0.2) is 37.6 Å². The molecule has 0 aliphatic heterocycles. The molecule has 0 unspecified atom stereocenters. The van der Waals surface area contributed by atoms with E-state index in [1.165, 1.54) is 6.07 Å². The summed E-state index contributed by atoms with van der Waals surface area (Å²) in [4.78, 5) is 10.6. The van der Waals surface area contributed by atoms with Crippen LogP contribution in [0.3, 0.4) is 0 Å². The van der Waals surface area contributed by atoms with Gasteiger partial charge in [-0.15, -0.1) is 0 Å². The van der Waals surface area contributed by atoms with Gasteiger partial charge in [-0.2, -0.15) is 0 Å². The predicted octanol–water partition coefficient (Wildman–Crippen LogP) is 3.39. The molecular weight excluding hydrogens is 300 g/mol. The number of nitrogens with one attached hydrogen (secondary N) is 1. The molecule has 0 radical (unpaired) electrons. The molecule has 1 rings (SSSR count). The van der Waals surface area contributed by atoms with Crippen molar-refractivity contribution in [2.45, 2.75) is 44.9 Å². The van der Waals surface area contributed by atoms with Gasteiger partial charge in [0.15, 0.2) is 8.32 Å². The third-order valence-electron chi connectivity index (χ3n) is 4.13. The molecule has 0 bridgehead atoms. The van der Waals surface area contributed by atoms with E-state index in [1.807, 2.05) is 0 Å². The Morgan fingerprint density at radius 1 is 1.36 bits per heavy atom. The number of hydrogen-bond acceptors (Lipinski definition) is 5. The first-order valence-corrected chi connectivity index (χ1v) is 10.2. The average Bonchev–Trinajstić information content (AvgIpc) is 2.42. The fourth-order valence-corrected chi connectivity index (χ4v) is 2.69. The van der Waals surface area contributed by atoms with Crippen LogP contribution in [-0.2, 0) is 4.43 Å². The summed E-state index contributed by atoms with van der Waals surface area (Å²) in [5.41, 5.74) is 0.388. The zero-order valence-corrected chi connectivity index (χ0v) is 14.9. The van der Waals surface area contributed by atoms with Gasteiger partial charge in [0.2, 0.25) is 0 Å². The van der Waals surface area contributed by atoms with Crippen LogP contribution < -0.4 is 5.32 Å². The molecule has 6 nitrogen and oxygen atoms in total. The van der Waals surface area contributed by atoms with Gasteiger partial charge in [0.05, 0.1) is 24.2 Å². The van der Waals surface area contributed by atoms with E-state index in [9.17, 15) is 15.2 Å². The largest absolute Gasteiger partial charge is 0.415 e. The first-order valence-electron chi connectivity index (χ1n) is 7.33. The number of nitro benzene ring substituents is 1. The highest BCUT2D eigenvalue weighted by atomic mass is 28.4. The van der Waals surface area contributed by atoms with Gasteiger partial charge in [-0.05, 0) is 24.2 Å². The van der Waals surface area contributed by atoms with E-state index in [0.717, 1.165) is 0 Å². The third kappa shape index (κ3) is 4.79. The summed E-state index contributed by atoms with van der Waals surface area (Å²) in [6, 6.07) is 6.02. The topological polar surface area (TPSA) is 84.6 Å². The molecule has 0 amide bonds. The Morgan fingerprint density at radius 2 is 1.95 bits per heavy atom. The molecule has 2 N–H and O–H groups in total. The average molecular weight is 326 g/mol. The molecule has 0 saturated heterocycles. The minimum absolute atomic E-state index is 0.00623. The molecule has 22 heavy (non-hydrogen) atoms. The van der Waals surface area contributed by atoms with E-state index in [4.69, 9.17) is 4.43 Å². The number of hydrogen-bond donors (Lipinski definition) is 2. The lowest BCUT2D eigenvalue weighted by molar-refractivity contribution is -0.384. The highest BCUT2D eigenvalue weighted by Crippen LogP contribution is 2.36. The van der Waals surface area contributed by atoms with Crippen LogP contribution in [0.4, 0.5) is 11.4 Å². The maximum atomic E-state index is 11.0. The zero-order valence-electron chi connectivity index (χ0n) is 13.9. The summed E-state index contributed by atoms with van der Waals surface area (Å²) in [7, 11) is -1.92. The maximum absolute atomic E-state index is 11.0. The Kier molecular flexibility index (Phi) is 6.10. The SMILES string of the molecule is CC(C)(C)[Si](C)(C)OC[C@@H](CO)Nc1ccccc1[N+](=O)[O-]. The van der Waals surface area contributed by atoms with Crippen LogP contribution in [0.15, 0.2) is 24.3 Å². The second-order valence-corrected chi connectivity index (χ2v) is 11.7. The molecule has 0 heterocycles.